The summed E-state index contributed by atoms with van der Waals surface area (Å²) in [5, 5.41) is 9.66. The molecule has 0 aliphatic carbocycles. The molecule has 0 fully saturated rings. The van der Waals surface area contributed by atoms with E-state index in [0.29, 0.717) is 16.7 Å². The molecular weight excluding hydrogens is 356 g/mol. The van der Waals surface area contributed by atoms with E-state index in [-0.39, 0.29) is 0 Å². The number of aromatic nitrogens is 4. The second-order valence-electron chi connectivity index (χ2n) is 5.23. The van der Waals surface area contributed by atoms with Crippen LogP contribution in [-0.4, -0.2) is 19.7 Å². The highest BCUT2D eigenvalue weighted by atomic mass is 35.5. The maximum absolute atomic E-state index is 5.91. The number of benzene rings is 2. The largest absolute Gasteiger partial charge is 0.440 e. The van der Waals surface area contributed by atoms with E-state index in [1.54, 1.807) is 12.5 Å². The second-order valence-corrected chi connectivity index (χ2v) is 6.61. The maximum atomic E-state index is 5.91. The molecule has 0 saturated heterocycles. The van der Waals surface area contributed by atoms with Gasteiger partial charge in [-0.2, -0.15) is 0 Å². The Morgan fingerprint density at radius 1 is 1.04 bits per heavy atom. The van der Waals surface area contributed by atoms with Gasteiger partial charge in [-0.1, -0.05) is 41.6 Å². The molecule has 7 heteroatoms. The second kappa shape index (κ2) is 7.13. The Bertz CT molecular complexity index is 966. The molecule has 0 unspecified atom stereocenters. The Balaban J connectivity index is 1.48. The molecule has 0 radical (unpaired) electrons. The van der Waals surface area contributed by atoms with E-state index in [9.17, 15) is 0 Å². The highest BCUT2D eigenvalue weighted by Gasteiger charge is 2.11. The summed E-state index contributed by atoms with van der Waals surface area (Å²) in [4.78, 5) is 4.34. The molecular formula is C18H13ClN4OS. The van der Waals surface area contributed by atoms with Crippen LogP contribution in [-0.2, 0) is 5.75 Å². The fourth-order valence-corrected chi connectivity index (χ4v) is 3.25. The molecule has 0 N–H and O–H groups in total. The van der Waals surface area contributed by atoms with Crippen LogP contribution in [0.4, 0.5) is 0 Å². The molecule has 2 aromatic heterocycles. The lowest BCUT2D eigenvalue weighted by Crippen LogP contribution is -1.94. The fourth-order valence-electron chi connectivity index (χ4n) is 2.34. The Hall–Kier alpha value is -2.57. The van der Waals surface area contributed by atoms with Crippen molar-refractivity contribution >= 4 is 23.4 Å². The number of para-hydroxylation sites is 1. The Morgan fingerprint density at radius 2 is 1.84 bits per heavy atom. The zero-order valence-electron chi connectivity index (χ0n) is 13.0. The van der Waals surface area contributed by atoms with E-state index in [1.165, 1.54) is 11.8 Å². The van der Waals surface area contributed by atoms with Gasteiger partial charge in [0, 0.05) is 16.3 Å². The molecule has 0 atom stereocenters. The van der Waals surface area contributed by atoms with Crippen LogP contribution >= 0.6 is 23.4 Å². The number of rotatable bonds is 5. The van der Waals surface area contributed by atoms with Crippen LogP contribution < -0.4 is 0 Å². The van der Waals surface area contributed by atoms with Crippen molar-refractivity contribution in [1.82, 2.24) is 19.7 Å². The summed E-state index contributed by atoms with van der Waals surface area (Å²) in [5.74, 6) is 1.92. The van der Waals surface area contributed by atoms with Crippen molar-refractivity contribution in [2.24, 2.45) is 0 Å². The minimum Gasteiger partial charge on any atom is -0.440 e. The van der Waals surface area contributed by atoms with Gasteiger partial charge in [-0.25, -0.2) is 4.98 Å². The summed E-state index contributed by atoms with van der Waals surface area (Å²) in [6, 6.07) is 17.4. The lowest BCUT2D eigenvalue weighted by Gasteiger charge is -2.04. The minimum atomic E-state index is 0.569. The predicted octanol–water partition coefficient (Wildman–Crippen LogP) is 4.87. The molecule has 0 bridgehead atoms. The summed E-state index contributed by atoms with van der Waals surface area (Å²) < 4.78 is 7.76. The van der Waals surface area contributed by atoms with Gasteiger partial charge in [-0.05, 0) is 36.4 Å². The number of thioether (sulfide) groups is 1. The van der Waals surface area contributed by atoms with Crippen LogP contribution in [0.2, 0.25) is 5.02 Å². The van der Waals surface area contributed by atoms with Crippen molar-refractivity contribution in [3.05, 3.63) is 78.0 Å². The number of hydrogen-bond acceptors (Lipinski definition) is 5. The zero-order valence-corrected chi connectivity index (χ0v) is 14.6. The first kappa shape index (κ1) is 15.9. The third kappa shape index (κ3) is 3.60. The molecule has 0 amide bonds. The smallest absolute Gasteiger partial charge is 0.205 e. The SMILES string of the molecule is Clc1ccc(-c2cnc(CSc3nncn3-c3ccccc3)o2)cc1. The summed E-state index contributed by atoms with van der Waals surface area (Å²) in [6.07, 6.45) is 3.42. The van der Waals surface area contributed by atoms with E-state index in [0.717, 1.165) is 22.2 Å². The fraction of sp³-hybridized carbons (Fsp3) is 0.0556. The topological polar surface area (TPSA) is 56.7 Å². The number of nitrogens with zero attached hydrogens (tertiary/aromatic N) is 4. The summed E-state index contributed by atoms with van der Waals surface area (Å²) in [5.41, 5.74) is 1.96. The monoisotopic (exact) mass is 368 g/mol. The van der Waals surface area contributed by atoms with Crippen LogP contribution in [0.1, 0.15) is 5.89 Å². The van der Waals surface area contributed by atoms with Crippen LogP contribution in [0, 0.1) is 0 Å². The Labute approximate surface area is 153 Å². The molecule has 0 aliphatic heterocycles. The predicted molar refractivity (Wildman–Crippen MR) is 97.9 cm³/mol. The van der Waals surface area contributed by atoms with Crippen LogP contribution in [0.25, 0.3) is 17.0 Å². The summed E-state index contributed by atoms with van der Waals surface area (Å²) in [7, 11) is 0. The maximum Gasteiger partial charge on any atom is 0.205 e. The highest BCUT2D eigenvalue weighted by molar-refractivity contribution is 7.98. The molecule has 5 nitrogen and oxygen atoms in total. The van der Waals surface area contributed by atoms with E-state index < -0.39 is 0 Å². The zero-order chi connectivity index (χ0) is 17.1. The highest BCUT2D eigenvalue weighted by Crippen LogP contribution is 2.26. The first-order chi connectivity index (χ1) is 12.3. The average Bonchev–Trinajstić information content (AvgIpc) is 3.31. The third-order valence-electron chi connectivity index (χ3n) is 3.56. The lowest BCUT2D eigenvalue weighted by atomic mass is 10.2. The van der Waals surface area contributed by atoms with Gasteiger partial charge in [-0.3, -0.25) is 4.57 Å². The first-order valence-corrected chi connectivity index (χ1v) is 8.95. The number of hydrogen-bond donors (Lipinski definition) is 0. The molecule has 124 valence electrons. The molecule has 2 heterocycles. The van der Waals surface area contributed by atoms with E-state index in [1.807, 2.05) is 59.2 Å². The molecule has 0 aliphatic rings. The molecule has 0 spiro atoms. The van der Waals surface area contributed by atoms with Crippen LogP contribution in [0.15, 0.2) is 76.7 Å². The van der Waals surface area contributed by atoms with Crippen molar-refractivity contribution in [3.8, 4) is 17.0 Å². The van der Waals surface area contributed by atoms with Crippen molar-refractivity contribution in [2.45, 2.75) is 10.9 Å². The van der Waals surface area contributed by atoms with Gasteiger partial charge in [0.25, 0.3) is 0 Å². The lowest BCUT2D eigenvalue weighted by molar-refractivity contribution is 0.529. The normalized spacial score (nSPS) is 10.9. The number of halogens is 1. The Morgan fingerprint density at radius 3 is 2.64 bits per heavy atom. The van der Waals surface area contributed by atoms with Gasteiger partial charge < -0.3 is 4.42 Å². The number of oxazole rings is 1. The van der Waals surface area contributed by atoms with Crippen LogP contribution in [0.5, 0.6) is 0 Å². The minimum absolute atomic E-state index is 0.569. The van der Waals surface area contributed by atoms with Gasteiger partial charge in [0.1, 0.15) is 6.33 Å². The van der Waals surface area contributed by atoms with E-state index in [2.05, 4.69) is 15.2 Å². The summed E-state index contributed by atoms with van der Waals surface area (Å²) >= 11 is 7.44. The van der Waals surface area contributed by atoms with Gasteiger partial charge >= 0.3 is 0 Å². The molecule has 25 heavy (non-hydrogen) atoms. The average molecular weight is 369 g/mol. The Kier molecular flexibility index (Phi) is 4.54. The van der Waals surface area contributed by atoms with E-state index in [4.69, 9.17) is 16.0 Å². The first-order valence-electron chi connectivity index (χ1n) is 7.58. The molecule has 0 saturated carbocycles. The molecule has 2 aromatic carbocycles. The quantitative estimate of drug-likeness (QED) is 0.470. The standard InChI is InChI=1S/C18H13ClN4OS/c19-14-8-6-13(7-9-14)16-10-20-17(24-16)11-25-18-22-21-12-23(18)15-4-2-1-3-5-15/h1-10,12H,11H2. The van der Waals surface area contributed by atoms with Crippen molar-refractivity contribution in [1.29, 1.82) is 0 Å². The third-order valence-corrected chi connectivity index (χ3v) is 4.74. The van der Waals surface area contributed by atoms with Gasteiger partial charge in [0.2, 0.25) is 5.89 Å². The van der Waals surface area contributed by atoms with Crippen LogP contribution in [0.3, 0.4) is 0 Å². The van der Waals surface area contributed by atoms with Crippen molar-refractivity contribution in [3.63, 3.8) is 0 Å². The molecule has 4 rings (SSSR count). The van der Waals surface area contributed by atoms with Crippen molar-refractivity contribution in [2.75, 3.05) is 0 Å². The van der Waals surface area contributed by atoms with E-state index >= 15 is 0 Å². The van der Waals surface area contributed by atoms with Gasteiger partial charge in [0.05, 0.1) is 11.9 Å². The van der Waals surface area contributed by atoms with Gasteiger partial charge in [0.15, 0.2) is 10.9 Å². The van der Waals surface area contributed by atoms with Crippen molar-refractivity contribution < 1.29 is 4.42 Å². The molecule has 4 aromatic rings. The summed E-state index contributed by atoms with van der Waals surface area (Å²) in [6.45, 7) is 0. The van der Waals surface area contributed by atoms with Gasteiger partial charge in [-0.15, -0.1) is 10.2 Å².